The van der Waals surface area contributed by atoms with Gasteiger partial charge >= 0.3 is 6.18 Å². The molecule has 172 valence electrons. The van der Waals surface area contributed by atoms with Gasteiger partial charge in [-0.15, -0.1) is 0 Å². The van der Waals surface area contributed by atoms with E-state index in [9.17, 15) is 28.1 Å². The van der Waals surface area contributed by atoms with E-state index in [4.69, 9.17) is 4.42 Å². The molecule has 1 N–H and O–H groups in total. The number of pyridine rings is 1. The number of nitro groups is 1. The van der Waals surface area contributed by atoms with Gasteiger partial charge in [-0.3, -0.25) is 19.9 Å². The Balaban J connectivity index is 1.75. The molecule has 0 fully saturated rings. The molecule has 11 heteroatoms. The van der Waals surface area contributed by atoms with E-state index >= 15 is 0 Å². The van der Waals surface area contributed by atoms with E-state index in [2.05, 4.69) is 15.3 Å². The van der Waals surface area contributed by atoms with E-state index < -0.39 is 22.6 Å². The average Bonchev–Trinajstić information content (AvgIpc) is 3.28. The Kier molecular flexibility index (Phi) is 6.09. The first-order chi connectivity index (χ1) is 16.2. The van der Waals surface area contributed by atoms with Crippen molar-refractivity contribution in [3.63, 3.8) is 0 Å². The minimum absolute atomic E-state index is 0.00669. The number of rotatable bonds is 6. The SMILES string of the molecule is O=C(NCc1ccncc1)c1nc(-c2ccc(C(F)(F)F)cc2)oc1-c1ccccc1[N+](=O)[O-]. The van der Waals surface area contributed by atoms with Gasteiger partial charge in [-0.25, -0.2) is 4.98 Å². The van der Waals surface area contributed by atoms with Crippen LogP contribution in [0.25, 0.3) is 22.8 Å². The van der Waals surface area contributed by atoms with Gasteiger partial charge in [0.25, 0.3) is 11.6 Å². The van der Waals surface area contributed by atoms with Crippen LogP contribution in [0.4, 0.5) is 18.9 Å². The molecule has 0 unspecified atom stereocenters. The molecule has 2 heterocycles. The fourth-order valence-corrected chi connectivity index (χ4v) is 3.17. The summed E-state index contributed by atoms with van der Waals surface area (Å²) >= 11 is 0. The molecule has 0 aliphatic rings. The van der Waals surface area contributed by atoms with Crippen molar-refractivity contribution in [3.05, 3.63) is 100.0 Å². The summed E-state index contributed by atoms with van der Waals surface area (Å²) in [5.74, 6) is -1.00. The minimum Gasteiger partial charge on any atom is -0.435 e. The van der Waals surface area contributed by atoms with Crippen molar-refractivity contribution in [2.45, 2.75) is 12.7 Å². The second kappa shape index (κ2) is 9.14. The first-order valence-corrected chi connectivity index (χ1v) is 9.83. The van der Waals surface area contributed by atoms with Crippen molar-refractivity contribution in [2.75, 3.05) is 0 Å². The predicted octanol–water partition coefficient (Wildman–Crippen LogP) is 5.26. The number of alkyl halides is 3. The molecule has 0 saturated heterocycles. The molecule has 0 aliphatic carbocycles. The van der Waals surface area contributed by atoms with E-state index in [0.29, 0.717) is 0 Å². The third-order valence-corrected chi connectivity index (χ3v) is 4.85. The molecule has 4 aromatic rings. The Morgan fingerprint density at radius 2 is 1.71 bits per heavy atom. The topological polar surface area (TPSA) is 111 Å². The first kappa shape index (κ1) is 22.6. The van der Waals surface area contributed by atoms with Crippen molar-refractivity contribution in [2.24, 2.45) is 0 Å². The lowest BCUT2D eigenvalue weighted by molar-refractivity contribution is -0.384. The zero-order chi connectivity index (χ0) is 24.3. The number of oxazole rings is 1. The predicted molar refractivity (Wildman–Crippen MR) is 114 cm³/mol. The van der Waals surface area contributed by atoms with E-state index in [1.165, 1.54) is 24.3 Å². The third kappa shape index (κ3) is 4.77. The number of halogens is 3. The number of amides is 1. The van der Waals surface area contributed by atoms with Crippen molar-refractivity contribution in [1.82, 2.24) is 15.3 Å². The molecule has 0 bridgehead atoms. The van der Waals surface area contributed by atoms with Crippen LogP contribution in [0, 0.1) is 10.1 Å². The van der Waals surface area contributed by atoms with Gasteiger partial charge in [0.05, 0.1) is 16.1 Å². The number of nitrogens with zero attached hydrogens (tertiary/aromatic N) is 3. The molecule has 0 spiro atoms. The summed E-state index contributed by atoms with van der Waals surface area (Å²) in [6, 6.07) is 13.0. The summed E-state index contributed by atoms with van der Waals surface area (Å²) < 4.78 is 44.4. The molecule has 34 heavy (non-hydrogen) atoms. The van der Waals surface area contributed by atoms with Crippen LogP contribution in [0.2, 0.25) is 0 Å². The Hall–Kier alpha value is -4.54. The number of aromatic nitrogens is 2. The van der Waals surface area contributed by atoms with Crippen molar-refractivity contribution in [3.8, 4) is 22.8 Å². The third-order valence-electron chi connectivity index (χ3n) is 4.85. The van der Waals surface area contributed by atoms with E-state index in [0.717, 1.165) is 29.8 Å². The van der Waals surface area contributed by atoms with Crippen LogP contribution < -0.4 is 5.32 Å². The van der Waals surface area contributed by atoms with Gasteiger partial charge in [0, 0.05) is 30.6 Å². The highest BCUT2D eigenvalue weighted by Crippen LogP contribution is 2.36. The largest absolute Gasteiger partial charge is 0.435 e. The lowest BCUT2D eigenvalue weighted by Crippen LogP contribution is -2.23. The Morgan fingerprint density at radius 3 is 2.35 bits per heavy atom. The fourth-order valence-electron chi connectivity index (χ4n) is 3.17. The van der Waals surface area contributed by atoms with Crippen LogP contribution in [0.3, 0.4) is 0 Å². The van der Waals surface area contributed by atoms with Crippen LogP contribution in [0.15, 0.2) is 77.5 Å². The van der Waals surface area contributed by atoms with Gasteiger partial charge in [0.2, 0.25) is 5.89 Å². The minimum atomic E-state index is -4.52. The van der Waals surface area contributed by atoms with Crippen LogP contribution in [0.1, 0.15) is 21.6 Å². The monoisotopic (exact) mass is 468 g/mol. The molecule has 0 aliphatic heterocycles. The number of benzene rings is 2. The highest BCUT2D eigenvalue weighted by molar-refractivity contribution is 5.99. The number of hydrogen-bond donors (Lipinski definition) is 1. The van der Waals surface area contributed by atoms with Crippen molar-refractivity contribution >= 4 is 11.6 Å². The summed E-state index contributed by atoms with van der Waals surface area (Å²) in [6.45, 7) is 0.125. The van der Waals surface area contributed by atoms with E-state index in [1.54, 1.807) is 24.5 Å². The summed E-state index contributed by atoms with van der Waals surface area (Å²) in [5, 5.41) is 14.2. The summed E-state index contributed by atoms with van der Waals surface area (Å²) in [4.78, 5) is 31.9. The molecule has 2 aromatic carbocycles. The number of nitrogens with one attached hydrogen (secondary N) is 1. The zero-order valence-corrected chi connectivity index (χ0v) is 17.2. The molecular formula is C23H15F3N4O4. The quantitative estimate of drug-likeness (QED) is 0.305. The highest BCUT2D eigenvalue weighted by Gasteiger charge is 2.31. The van der Waals surface area contributed by atoms with Gasteiger partial charge in [-0.1, -0.05) is 12.1 Å². The number of carbonyl (C=O) groups excluding carboxylic acids is 1. The second-order valence-electron chi connectivity index (χ2n) is 7.08. The van der Waals surface area contributed by atoms with Crippen molar-refractivity contribution < 1.29 is 27.3 Å². The van der Waals surface area contributed by atoms with Gasteiger partial charge in [0.1, 0.15) is 0 Å². The number of para-hydroxylation sites is 1. The average molecular weight is 468 g/mol. The lowest BCUT2D eigenvalue weighted by Gasteiger charge is -2.06. The highest BCUT2D eigenvalue weighted by atomic mass is 19.4. The van der Waals surface area contributed by atoms with Gasteiger partial charge in [-0.2, -0.15) is 13.2 Å². The molecule has 2 aromatic heterocycles. The van der Waals surface area contributed by atoms with Crippen molar-refractivity contribution in [1.29, 1.82) is 0 Å². The normalized spacial score (nSPS) is 11.3. The van der Waals surface area contributed by atoms with Gasteiger partial charge in [0.15, 0.2) is 11.5 Å². The Morgan fingerprint density at radius 1 is 1.03 bits per heavy atom. The van der Waals surface area contributed by atoms with E-state index in [1.807, 2.05) is 0 Å². The van der Waals surface area contributed by atoms with E-state index in [-0.39, 0.29) is 40.7 Å². The summed E-state index contributed by atoms with van der Waals surface area (Å²) in [7, 11) is 0. The van der Waals surface area contributed by atoms with Gasteiger partial charge < -0.3 is 9.73 Å². The maximum atomic E-state index is 13.0. The summed E-state index contributed by atoms with van der Waals surface area (Å²) in [5.41, 5.74) is -0.494. The van der Waals surface area contributed by atoms with Crippen LogP contribution in [-0.2, 0) is 12.7 Å². The zero-order valence-electron chi connectivity index (χ0n) is 17.2. The van der Waals surface area contributed by atoms with Gasteiger partial charge in [-0.05, 0) is 48.0 Å². The molecule has 8 nitrogen and oxygen atoms in total. The molecule has 1 amide bonds. The smallest absolute Gasteiger partial charge is 0.416 e. The first-order valence-electron chi connectivity index (χ1n) is 9.83. The fraction of sp³-hybridized carbons (Fsp3) is 0.0870. The molecule has 0 saturated carbocycles. The van der Waals surface area contributed by atoms with Crippen LogP contribution in [-0.4, -0.2) is 20.8 Å². The number of carbonyl (C=O) groups is 1. The van der Waals surface area contributed by atoms with Crippen LogP contribution in [0.5, 0.6) is 0 Å². The standard InChI is InChI=1S/C23H15F3N4O4/c24-23(25,26)16-7-5-15(6-8-16)22-29-19(21(31)28-13-14-9-11-27-12-10-14)20(34-22)17-3-1-2-4-18(17)30(32)33/h1-12H,13H2,(H,28,31). The summed E-state index contributed by atoms with van der Waals surface area (Å²) in [6.07, 6.45) is -1.42. The maximum absolute atomic E-state index is 13.0. The lowest BCUT2D eigenvalue weighted by atomic mass is 10.1. The molecular weight excluding hydrogens is 453 g/mol. The second-order valence-corrected chi connectivity index (χ2v) is 7.08. The Labute approximate surface area is 190 Å². The molecule has 0 radical (unpaired) electrons. The molecule has 0 atom stereocenters. The molecule has 4 rings (SSSR count). The van der Waals surface area contributed by atoms with Crippen LogP contribution >= 0.6 is 0 Å². The number of nitro benzene ring substituents is 1. The Bertz CT molecular complexity index is 1340. The maximum Gasteiger partial charge on any atom is 0.416 e. The number of hydrogen-bond acceptors (Lipinski definition) is 6.